The molecule has 0 saturated carbocycles. The predicted octanol–water partition coefficient (Wildman–Crippen LogP) is 2.63. The van der Waals surface area contributed by atoms with E-state index in [1.807, 2.05) is 24.3 Å². The molecular weight excluding hydrogens is 380 g/mol. The van der Waals surface area contributed by atoms with Gasteiger partial charge in [-0.05, 0) is 30.3 Å². The van der Waals surface area contributed by atoms with Crippen LogP contribution in [-0.2, 0) is 4.79 Å². The SMILES string of the molecule is O=C(CNc1ccc(Br)cc1)N/N=C\c1cc([N+](=O)[O-])ccc1O. The van der Waals surface area contributed by atoms with E-state index in [-0.39, 0.29) is 23.5 Å². The van der Waals surface area contributed by atoms with Crippen molar-refractivity contribution in [2.24, 2.45) is 5.10 Å². The van der Waals surface area contributed by atoms with Crippen molar-refractivity contribution in [3.63, 3.8) is 0 Å². The molecule has 0 saturated heterocycles. The summed E-state index contributed by atoms with van der Waals surface area (Å²) in [6, 6.07) is 10.8. The Morgan fingerprint density at radius 1 is 1.29 bits per heavy atom. The average molecular weight is 393 g/mol. The summed E-state index contributed by atoms with van der Waals surface area (Å²) in [4.78, 5) is 21.8. The average Bonchev–Trinajstić information content (AvgIpc) is 2.56. The first kappa shape index (κ1) is 17.4. The van der Waals surface area contributed by atoms with Crippen LogP contribution in [0.4, 0.5) is 11.4 Å². The summed E-state index contributed by atoms with van der Waals surface area (Å²) in [7, 11) is 0. The monoisotopic (exact) mass is 392 g/mol. The molecule has 1 amide bonds. The first-order valence-electron chi connectivity index (χ1n) is 6.74. The number of aromatic hydroxyl groups is 1. The first-order chi connectivity index (χ1) is 11.5. The van der Waals surface area contributed by atoms with Crippen molar-refractivity contribution < 1.29 is 14.8 Å². The Hall–Kier alpha value is -2.94. The Labute approximate surface area is 145 Å². The number of non-ortho nitro benzene ring substituents is 1. The van der Waals surface area contributed by atoms with Crippen LogP contribution in [0.15, 0.2) is 52.0 Å². The maximum atomic E-state index is 11.7. The van der Waals surface area contributed by atoms with Gasteiger partial charge in [-0.1, -0.05) is 15.9 Å². The van der Waals surface area contributed by atoms with Crippen LogP contribution in [0.1, 0.15) is 5.56 Å². The molecule has 2 rings (SSSR count). The number of phenolic OH excluding ortho intramolecular Hbond substituents is 1. The Balaban J connectivity index is 1.89. The number of nitro benzene ring substituents is 1. The molecule has 8 nitrogen and oxygen atoms in total. The van der Waals surface area contributed by atoms with Crippen molar-refractivity contribution in [2.45, 2.75) is 0 Å². The van der Waals surface area contributed by atoms with Crippen LogP contribution in [0.3, 0.4) is 0 Å². The number of halogens is 1. The van der Waals surface area contributed by atoms with E-state index in [9.17, 15) is 20.0 Å². The largest absolute Gasteiger partial charge is 0.507 e. The minimum Gasteiger partial charge on any atom is -0.507 e. The third-order valence-electron chi connectivity index (χ3n) is 2.91. The lowest BCUT2D eigenvalue weighted by molar-refractivity contribution is -0.384. The van der Waals surface area contributed by atoms with Gasteiger partial charge in [-0.25, -0.2) is 5.43 Å². The number of nitrogens with one attached hydrogen (secondary N) is 2. The second-order valence-electron chi connectivity index (χ2n) is 4.65. The summed E-state index contributed by atoms with van der Waals surface area (Å²) in [6.07, 6.45) is 1.14. The smallest absolute Gasteiger partial charge is 0.270 e. The third kappa shape index (κ3) is 5.06. The van der Waals surface area contributed by atoms with Crippen molar-refractivity contribution in [2.75, 3.05) is 11.9 Å². The topological polar surface area (TPSA) is 117 Å². The molecular formula is C15H13BrN4O4. The van der Waals surface area contributed by atoms with Gasteiger partial charge < -0.3 is 10.4 Å². The summed E-state index contributed by atoms with van der Waals surface area (Å²) in [6.45, 7) is -0.000107. The minimum absolute atomic E-state index is 0.000107. The highest BCUT2D eigenvalue weighted by atomic mass is 79.9. The molecule has 24 heavy (non-hydrogen) atoms. The first-order valence-corrected chi connectivity index (χ1v) is 7.54. The quantitative estimate of drug-likeness (QED) is 0.396. The van der Waals surface area contributed by atoms with Gasteiger partial charge in [0.15, 0.2) is 0 Å². The van der Waals surface area contributed by atoms with Gasteiger partial charge in [-0.3, -0.25) is 14.9 Å². The number of carbonyl (C=O) groups is 1. The molecule has 0 aromatic heterocycles. The van der Waals surface area contributed by atoms with Gasteiger partial charge in [0.1, 0.15) is 5.75 Å². The molecule has 0 radical (unpaired) electrons. The predicted molar refractivity (Wildman–Crippen MR) is 93.1 cm³/mol. The van der Waals surface area contributed by atoms with Crippen LogP contribution >= 0.6 is 15.9 Å². The van der Waals surface area contributed by atoms with Crippen LogP contribution in [0.25, 0.3) is 0 Å². The molecule has 0 heterocycles. The van der Waals surface area contributed by atoms with Gasteiger partial charge in [0.05, 0.1) is 17.7 Å². The Kier molecular flexibility index (Phi) is 5.85. The number of amides is 1. The lowest BCUT2D eigenvalue weighted by Crippen LogP contribution is -2.25. The fourth-order valence-electron chi connectivity index (χ4n) is 1.72. The Morgan fingerprint density at radius 3 is 2.67 bits per heavy atom. The van der Waals surface area contributed by atoms with Crippen molar-refractivity contribution in [3.8, 4) is 5.75 Å². The molecule has 0 atom stereocenters. The maximum absolute atomic E-state index is 11.7. The summed E-state index contributed by atoms with van der Waals surface area (Å²) in [5, 5.41) is 26.9. The standard InChI is InChI=1S/C15H13BrN4O4/c16-11-1-3-12(4-2-11)17-9-15(22)19-18-8-10-7-13(20(23)24)5-6-14(10)21/h1-8,17,21H,9H2,(H,19,22)/b18-8-. The number of benzene rings is 2. The van der Waals surface area contributed by atoms with Crippen molar-refractivity contribution in [3.05, 3.63) is 62.6 Å². The second kappa shape index (κ2) is 8.06. The number of phenols is 1. The van der Waals surface area contributed by atoms with Gasteiger partial charge in [-0.2, -0.15) is 5.10 Å². The van der Waals surface area contributed by atoms with E-state index in [1.54, 1.807) is 0 Å². The highest BCUT2D eigenvalue weighted by Crippen LogP contribution is 2.21. The third-order valence-corrected chi connectivity index (χ3v) is 3.44. The normalized spacial score (nSPS) is 10.5. The van der Waals surface area contributed by atoms with Gasteiger partial charge in [0.25, 0.3) is 11.6 Å². The molecule has 0 aliphatic rings. The Morgan fingerprint density at radius 2 is 2.00 bits per heavy atom. The summed E-state index contributed by atoms with van der Waals surface area (Å²) < 4.78 is 0.930. The van der Waals surface area contributed by atoms with Crippen molar-refractivity contribution in [1.29, 1.82) is 0 Å². The maximum Gasteiger partial charge on any atom is 0.270 e. The second-order valence-corrected chi connectivity index (χ2v) is 5.57. The fraction of sp³-hybridized carbons (Fsp3) is 0.0667. The number of rotatable bonds is 6. The molecule has 0 aliphatic heterocycles. The zero-order valence-corrected chi connectivity index (χ0v) is 13.9. The Bertz CT molecular complexity index is 778. The number of carbonyl (C=O) groups excluding carboxylic acids is 1. The lowest BCUT2D eigenvalue weighted by atomic mass is 10.2. The number of hydrogen-bond donors (Lipinski definition) is 3. The number of nitrogens with zero attached hydrogens (tertiary/aromatic N) is 2. The molecule has 0 spiro atoms. The van der Waals surface area contributed by atoms with Crippen LogP contribution < -0.4 is 10.7 Å². The number of nitro groups is 1. The molecule has 2 aromatic carbocycles. The molecule has 9 heteroatoms. The number of anilines is 1. The van der Waals surface area contributed by atoms with Gasteiger partial charge in [-0.15, -0.1) is 0 Å². The van der Waals surface area contributed by atoms with Crippen molar-refractivity contribution in [1.82, 2.24) is 5.43 Å². The van der Waals surface area contributed by atoms with E-state index in [2.05, 4.69) is 31.8 Å². The van der Waals surface area contributed by atoms with E-state index >= 15 is 0 Å². The fourth-order valence-corrected chi connectivity index (χ4v) is 1.99. The van der Waals surface area contributed by atoms with Crippen LogP contribution in [-0.4, -0.2) is 28.7 Å². The lowest BCUT2D eigenvalue weighted by Gasteiger charge is -2.05. The van der Waals surface area contributed by atoms with E-state index in [4.69, 9.17) is 0 Å². The van der Waals surface area contributed by atoms with E-state index in [0.29, 0.717) is 0 Å². The molecule has 0 aliphatic carbocycles. The molecule has 2 aromatic rings. The van der Waals surface area contributed by atoms with E-state index < -0.39 is 10.8 Å². The van der Waals surface area contributed by atoms with E-state index in [1.165, 1.54) is 12.1 Å². The zero-order chi connectivity index (χ0) is 17.5. The van der Waals surface area contributed by atoms with Gasteiger partial charge in [0.2, 0.25) is 0 Å². The number of hydrogen-bond acceptors (Lipinski definition) is 6. The zero-order valence-electron chi connectivity index (χ0n) is 12.3. The molecule has 0 unspecified atom stereocenters. The summed E-state index contributed by atoms with van der Waals surface area (Å²) in [5.41, 5.74) is 2.99. The highest BCUT2D eigenvalue weighted by Gasteiger charge is 2.08. The number of hydrazone groups is 1. The van der Waals surface area contributed by atoms with Crippen molar-refractivity contribution >= 4 is 39.4 Å². The van der Waals surface area contributed by atoms with Crippen LogP contribution in [0.2, 0.25) is 0 Å². The minimum atomic E-state index is -0.586. The van der Waals surface area contributed by atoms with Crippen LogP contribution in [0, 0.1) is 10.1 Å². The molecule has 3 N–H and O–H groups in total. The molecule has 124 valence electrons. The summed E-state index contributed by atoms with van der Waals surface area (Å²) >= 11 is 3.31. The van der Waals surface area contributed by atoms with E-state index in [0.717, 1.165) is 22.4 Å². The molecule has 0 bridgehead atoms. The summed E-state index contributed by atoms with van der Waals surface area (Å²) in [5.74, 6) is -0.578. The van der Waals surface area contributed by atoms with Gasteiger partial charge in [0, 0.05) is 27.9 Å². The van der Waals surface area contributed by atoms with Gasteiger partial charge >= 0.3 is 0 Å². The highest BCUT2D eigenvalue weighted by molar-refractivity contribution is 9.10. The molecule has 0 fully saturated rings. The van der Waals surface area contributed by atoms with Crippen LogP contribution in [0.5, 0.6) is 5.75 Å².